The number of imidazole rings is 1. The Morgan fingerprint density at radius 2 is 2.10 bits per heavy atom. The van der Waals surface area contributed by atoms with Crippen LogP contribution >= 0.6 is 22.9 Å². The van der Waals surface area contributed by atoms with Crippen molar-refractivity contribution in [1.29, 1.82) is 0 Å². The molecule has 1 N–H and O–H groups in total. The van der Waals surface area contributed by atoms with Gasteiger partial charge in [-0.25, -0.2) is 13.4 Å². The molecule has 0 spiro atoms. The zero-order valence-electron chi connectivity index (χ0n) is 21.1. The predicted molar refractivity (Wildman–Crippen MR) is 150 cm³/mol. The lowest BCUT2D eigenvalue weighted by atomic mass is 10.0. The third kappa shape index (κ3) is 4.30. The Hall–Kier alpha value is -3.03. The Morgan fingerprint density at radius 1 is 1.26 bits per heavy atom. The van der Waals surface area contributed by atoms with Crippen molar-refractivity contribution in [2.45, 2.75) is 36.8 Å². The van der Waals surface area contributed by atoms with E-state index >= 15 is 0 Å². The highest BCUT2D eigenvalue weighted by molar-refractivity contribution is 7.89. The fourth-order valence-corrected chi connectivity index (χ4v) is 8.56. The van der Waals surface area contributed by atoms with Gasteiger partial charge in [-0.1, -0.05) is 30.2 Å². The molecular weight excluding hydrogens is 562 g/mol. The van der Waals surface area contributed by atoms with Gasteiger partial charge >= 0.3 is 0 Å². The van der Waals surface area contributed by atoms with Crippen molar-refractivity contribution < 1.29 is 22.7 Å². The molecule has 2 aromatic carbocycles. The number of methoxy groups -OCH3 is 1. The lowest BCUT2D eigenvalue weighted by Gasteiger charge is -2.33. The van der Waals surface area contributed by atoms with E-state index in [4.69, 9.17) is 16.3 Å². The first kappa shape index (κ1) is 26.2. The summed E-state index contributed by atoms with van der Waals surface area (Å²) in [4.78, 5) is 33.2. The number of benzene rings is 2. The predicted octanol–water partition coefficient (Wildman–Crippen LogP) is 4.38. The lowest BCUT2D eigenvalue weighted by Crippen LogP contribution is -2.50. The summed E-state index contributed by atoms with van der Waals surface area (Å²) >= 11 is 7.54. The molecule has 10 nitrogen and oxygen atoms in total. The van der Waals surface area contributed by atoms with Crippen LogP contribution in [0.4, 0.5) is 11.4 Å². The maximum absolute atomic E-state index is 13.8. The Kier molecular flexibility index (Phi) is 6.84. The van der Waals surface area contributed by atoms with E-state index in [0.717, 1.165) is 16.5 Å². The molecular formula is C26H26ClN5O5S2. The molecule has 0 radical (unpaired) electrons. The number of anilines is 2. The number of carbonyl (C=O) groups excluding carboxylic acids is 2. The van der Waals surface area contributed by atoms with Gasteiger partial charge < -0.3 is 15.0 Å². The Labute approximate surface area is 234 Å². The molecule has 2 aromatic heterocycles. The first-order valence-electron chi connectivity index (χ1n) is 12.6. The van der Waals surface area contributed by atoms with Gasteiger partial charge in [-0.2, -0.15) is 4.31 Å². The van der Waals surface area contributed by atoms with Gasteiger partial charge in [0.25, 0.3) is 15.9 Å². The van der Waals surface area contributed by atoms with Gasteiger partial charge in [0.15, 0.2) is 15.1 Å². The molecule has 2 amide bonds. The van der Waals surface area contributed by atoms with Crippen molar-refractivity contribution in [3.8, 4) is 0 Å². The van der Waals surface area contributed by atoms with Crippen LogP contribution in [0.5, 0.6) is 0 Å². The first-order chi connectivity index (χ1) is 18.8. The van der Waals surface area contributed by atoms with Gasteiger partial charge in [-0.3, -0.25) is 14.0 Å². The van der Waals surface area contributed by atoms with Crippen molar-refractivity contribution in [1.82, 2.24) is 13.7 Å². The molecule has 0 aliphatic carbocycles. The molecule has 1 atom stereocenters. The van der Waals surface area contributed by atoms with Crippen LogP contribution in [-0.4, -0.2) is 66.8 Å². The zero-order valence-corrected chi connectivity index (χ0v) is 23.5. The number of thiazole rings is 1. The number of aromatic nitrogens is 2. The smallest absolute Gasteiger partial charge is 0.263 e. The Morgan fingerprint density at radius 3 is 2.92 bits per heavy atom. The average molecular weight is 588 g/mol. The van der Waals surface area contributed by atoms with Crippen LogP contribution in [0, 0.1) is 0 Å². The van der Waals surface area contributed by atoms with Crippen LogP contribution < -0.4 is 10.2 Å². The molecule has 2 aliphatic rings. The van der Waals surface area contributed by atoms with Crippen molar-refractivity contribution in [3.63, 3.8) is 0 Å². The standard InChI is InChI=1S/C26H26ClN5O5S2/c1-37-14-5-11-30-19-10-9-18(16-6-4-7-17(21(16)19)24(30)34)28-23(33)20-8-2-3-12-32(20)39(35,36)25-22(27)29-26-31(25)13-15-38-26/h4,6-7,9-10,13,15,20H,2-3,5,8,11-12,14H2,1H3,(H,28,33). The second-order valence-corrected chi connectivity index (χ2v) is 12.6. The highest BCUT2D eigenvalue weighted by Crippen LogP contribution is 2.41. The van der Waals surface area contributed by atoms with Crippen molar-refractivity contribution in [2.75, 3.05) is 37.0 Å². The fraction of sp³-hybridized carbons (Fsp3) is 0.346. The molecule has 13 heteroatoms. The summed E-state index contributed by atoms with van der Waals surface area (Å²) in [6, 6.07) is 8.11. The molecule has 4 heterocycles. The summed E-state index contributed by atoms with van der Waals surface area (Å²) < 4.78 is 35.4. The van der Waals surface area contributed by atoms with Crippen molar-refractivity contribution >= 4 is 71.9 Å². The largest absolute Gasteiger partial charge is 0.385 e. The molecule has 204 valence electrons. The quantitative estimate of drug-likeness (QED) is 0.306. The number of nitrogens with one attached hydrogen (secondary N) is 1. The number of carbonyl (C=O) groups is 2. The van der Waals surface area contributed by atoms with Gasteiger partial charge in [0.05, 0.1) is 5.69 Å². The first-order valence-corrected chi connectivity index (χ1v) is 15.3. The van der Waals surface area contributed by atoms with E-state index in [0.29, 0.717) is 55.0 Å². The maximum Gasteiger partial charge on any atom is 0.263 e. The van der Waals surface area contributed by atoms with Gasteiger partial charge in [0.2, 0.25) is 5.91 Å². The van der Waals surface area contributed by atoms with Crippen LogP contribution in [0.15, 0.2) is 46.9 Å². The van der Waals surface area contributed by atoms with Crippen LogP contribution in [0.1, 0.15) is 36.0 Å². The van der Waals surface area contributed by atoms with E-state index < -0.39 is 22.0 Å². The second kappa shape index (κ2) is 10.2. The van der Waals surface area contributed by atoms with Crippen molar-refractivity contribution in [2.24, 2.45) is 0 Å². The number of nitrogens with zero attached hydrogens (tertiary/aromatic N) is 4. The van der Waals surface area contributed by atoms with E-state index in [9.17, 15) is 18.0 Å². The van der Waals surface area contributed by atoms with Gasteiger partial charge in [0, 0.05) is 60.4 Å². The molecule has 0 saturated carbocycles. The third-order valence-corrected chi connectivity index (χ3v) is 10.3. The number of sulfonamides is 1. The molecule has 39 heavy (non-hydrogen) atoms. The number of piperidine rings is 1. The van der Waals surface area contributed by atoms with Gasteiger partial charge in [-0.15, -0.1) is 11.3 Å². The highest BCUT2D eigenvalue weighted by Gasteiger charge is 2.41. The number of hydrogen-bond donors (Lipinski definition) is 1. The average Bonchev–Trinajstić information content (AvgIpc) is 3.58. The molecule has 1 unspecified atom stereocenters. The van der Waals surface area contributed by atoms with E-state index in [1.807, 2.05) is 12.1 Å². The number of hydrogen-bond acceptors (Lipinski definition) is 7. The molecule has 2 aliphatic heterocycles. The normalized spacial score (nSPS) is 17.9. The number of ether oxygens (including phenoxy) is 1. The number of halogens is 1. The summed E-state index contributed by atoms with van der Waals surface area (Å²) in [6.07, 6.45) is 4.03. The summed E-state index contributed by atoms with van der Waals surface area (Å²) in [7, 11) is -2.49. The molecule has 0 bridgehead atoms. The van der Waals surface area contributed by atoms with E-state index in [2.05, 4.69) is 10.3 Å². The summed E-state index contributed by atoms with van der Waals surface area (Å²) in [5, 5.41) is 5.96. The molecule has 1 fully saturated rings. The summed E-state index contributed by atoms with van der Waals surface area (Å²) in [6.45, 7) is 1.26. The minimum Gasteiger partial charge on any atom is -0.385 e. The topological polar surface area (TPSA) is 113 Å². The minimum absolute atomic E-state index is 0.0860. The Bertz CT molecular complexity index is 1720. The van der Waals surface area contributed by atoms with Crippen LogP contribution in [-0.2, 0) is 19.6 Å². The zero-order chi connectivity index (χ0) is 27.3. The van der Waals surface area contributed by atoms with Crippen LogP contribution in [0.3, 0.4) is 0 Å². The monoisotopic (exact) mass is 587 g/mol. The highest BCUT2D eigenvalue weighted by atomic mass is 35.5. The van der Waals surface area contributed by atoms with E-state index in [1.54, 1.807) is 41.8 Å². The molecule has 6 rings (SSSR count). The number of amides is 2. The summed E-state index contributed by atoms with van der Waals surface area (Å²) in [5.41, 5.74) is 1.89. The Balaban J connectivity index is 1.32. The molecule has 1 saturated heterocycles. The number of rotatable bonds is 8. The lowest BCUT2D eigenvalue weighted by molar-refractivity contribution is -0.120. The van der Waals surface area contributed by atoms with E-state index in [1.165, 1.54) is 20.0 Å². The van der Waals surface area contributed by atoms with Gasteiger partial charge in [-0.05, 0) is 37.5 Å². The SMILES string of the molecule is COCCCN1C(=O)c2cccc3c(NC(=O)C4CCCCN4S(=O)(=O)c4c(Cl)nc5sccn45)ccc1c23. The summed E-state index contributed by atoms with van der Waals surface area (Å²) in [5.74, 6) is -0.514. The van der Waals surface area contributed by atoms with Crippen LogP contribution in [0.2, 0.25) is 5.15 Å². The van der Waals surface area contributed by atoms with Gasteiger partial charge in [0.1, 0.15) is 6.04 Å². The minimum atomic E-state index is -4.12. The number of fused-ring (bicyclic) bond motifs is 1. The van der Waals surface area contributed by atoms with Crippen molar-refractivity contribution in [3.05, 3.63) is 52.6 Å². The fourth-order valence-electron chi connectivity index (χ4n) is 5.50. The van der Waals surface area contributed by atoms with Crippen LogP contribution in [0.25, 0.3) is 15.7 Å². The third-order valence-electron chi connectivity index (χ3n) is 7.26. The second-order valence-electron chi connectivity index (χ2n) is 9.54. The molecule has 4 aromatic rings. The maximum atomic E-state index is 13.8. The van der Waals surface area contributed by atoms with E-state index in [-0.39, 0.29) is 22.6 Å².